The van der Waals surface area contributed by atoms with Crippen LogP contribution in [0.5, 0.6) is 11.5 Å². The van der Waals surface area contributed by atoms with Gasteiger partial charge in [-0.2, -0.15) is 0 Å². The van der Waals surface area contributed by atoms with E-state index >= 15 is 0 Å². The van der Waals surface area contributed by atoms with Crippen molar-refractivity contribution in [2.45, 2.75) is 64.4 Å². The molecule has 6 aromatic carbocycles. The second-order valence-electron chi connectivity index (χ2n) is 12.9. The van der Waals surface area contributed by atoms with Gasteiger partial charge < -0.3 is 9.84 Å². The number of aliphatic hydroxyl groups is 1. The van der Waals surface area contributed by atoms with Crippen LogP contribution in [0.25, 0.3) is 0 Å². The summed E-state index contributed by atoms with van der Waals surface area (Å²) in [6.45, 7) is 1.86. The van der Waals surface area contributed by atoms with Crippen LogP contribution < -0.4 is 4.74 Å². The van der Waals surface area contributed by atoms with Crippen LogP contribution in [0.1, 0.15) is 63.1 Å². The monoisotopic (exact) mass is 630 g/mol. The van der Waals surface area contributed by atoms with Gasteiger partial charge in [0.1, 0.15) is 11.5 Å². The Morgan fingerprint density at radius 3 is 1.17 bits per heavy atom. The van der Waals surface area contributed by atoms with Gasteiger partial charge in [-0.1, -0.05) is 133 Å². The Labute approximate surface area is 286 Å². The number of ether oxygens (including phenoxy) is 1. The molecule has 242 valence electrons. The molecule has 6 aromatic rings. The van der Waals surface area contributed by atoms with Crippen LogP contribution in [-0.2, 0) is 51.4 Å². The molecule has 48 heavy (non-hydrogen) atoms. The highest BCUT2D eigenvalue weighted by Crippen LogP contribution is 2.36. The average Bonchev–Trinajstić information content (AvgIpc) is 3.13. The largest absolute Gasteiger partial charge is 0.457 e. The summed E-state index contributed by atoms with van der Waals surface area (Å²) in [5.41, 5.74) is 11.1. The summed E-state index contributed by atoms with van der Waals surface area (Å²) in [7, 11) is 0. The second-order valence-corrected chi connectivity index (χ2v) is 12.9. The van der Waals surface area contributed by atoms with E-state index in [0.29, 0.717) is 0 Å². The summed E-state index contributed by atoms with van der Waals surface area (Å²) in [4.78, 5) is 0. The standard InChI is InChI=1S/C46H46O2/c1-35(47)46-43(29-28-39-20-12-5-13-21-39)31-42(27-24-38-18-10-4-11-19-38)34-45(46)48-44-32-40(25-22-36-14-6-2-7-15-36)30-41(33-44)26-23-37-16-8-3-9-17-37/h2-21,30-35,47H,22-29H2,1H3. The Bertz CT molecular complexity index is 1780. The topological polar surface area (TPSA) is 29.5 Å². The van der Waals surface area contributed by atoms with E-state index in [2.05, 4.69) is 152 Å². The van der Waals surface area contributed by atoms with Crippen molar-refractivity contribution < 1.29 is 9.84 Å². The summed E-state index contributed by atoms with van der Waals surface area (Å²) in [6.07, 6.45) is 6.74. The Kier molecular flexibility index (Phi) is 11.5. The third-order valence-electron chi connectivity index (χ3n) is 9.12. The van der Waals surface area contributed by atoms with Gasteiger partial charge in [0, 0.05) is 5.56 Å². The average molecular weight is 631 g/mol. The quantitative estimate of drug-likeness (QED) is 0.122. The molecule has 1 atom stereocenters. The molecule has 6 rings (SSSR count). The summed E-state index contributed by atoms with van der Waals surface area (Å²) in [5.74, 6) is 1.59. The van der Waals surface area contributed by atoms with Gasteiger partial charge in [0.25, 0.3) is 0 Å². The molecule has 0 aliphatic rings. The SMILES string of the molecule is CC(O)c1c(CCc2ccccc2)cc(CCc2ccccc2)cc1Oc1cc(CCc2ccccc2)cc(CCc2ccccc2)c1. The van der Waals surface area contributed by atoms with Crippen LogP contribution in [0.4, 0.5) is 0 Å². The van der Waals surface area contributed by atoms with Crippen molar-refractivity contribution in [3.63, 3.8) is 0 Å². The summed E-state index contributed by atoms with van der Waals surface area (Å²) < 4.78 is 6.88. The third-order valence-corrected chi connectivity index (χ3v) is 9.12. The van der Waals surface area contributed by atoms with E-state index in [1.54, 1.807) is 0 Å². The van der Waals surface area contributed by atoms with E-state index in [1.807, 2.05) is 6.92 Å². The van der Waals surface area contributed by atoms with Crippen molar-refractivity contribution in [3.05, 3.63) is 202 Å². The first kappa shape index (κ1) is 33.0. The molecular formula is C46H46O2. The van der Waals surface area contributed by atoms with Crippen LogP contribution in [-0.4, -0.2) is 5.11 Å². The highest BCUT2D eigenvalue weighted by atomic mass is 16.5. The number of aliphatic hydroxyl groups excluding tert-OH is 1. The first-order chi connectivity index (χ1) is 23.6. The fourth-order valence-corrected chi connectivity index (χ4v) is 6.58. The predicted octanol–water partition coefficient (Wildman–Crippen LogP) is 10.7. The Balaban J connectivity index is 1.33. The minimum atomic E-state index is -0.659. The molecule has 0 fully saturated rings. The molecule has 0 aliphatic carbocycles. The number of hydrogen-bond acceptors (Lipinski definition) is 2. The third kappa shape index (κ3) is 9.56. The molecule has 0 spiro atoms. The Hall–Kier alpha value is -4.92. The van der Waals surface area contributed by atoms with Crippen LogP contribution >= 0.6 is 0 Å². The lowest BCUT2D eigenvalue weighted by Crippen LogP contribution is -2.06. The molecule has 0 aromatic heterocycles. The lowest BCUT2D eigenvalue weighted by Gasteiger charge is -2.21. The highest BCUT2D eigenvalue weighted by molar-refractivity contribution is 5.49. The van der Waals surface area contributed by atoms with Gasteiger partial charge in [-0.05, 0) is 121 Å². The van der Waals surface area contributed by atoms with Gasteiger partial charge in [0.05, 0.1) is 6.10 Å². The van der Waals surface area contributed by atoms with Gasteiger partial charge in [-0.15, -0.1) is 0 Å². The zero-order valence-corrected chi connectivity index (χ0v) is 28.0. The smallest absolute Gasteiger partial charge is 0.133 e. The molecule has 0 saturated carbocycles. The van der Waals surface area contributed by atoms with Crippen molar-refractivity contribution in [3.8, 4) is 11.5 Å². The molecule has 0 amide bonds. The van der Waals surface area contributed by atoms with Crippen LogP contribution in [0.15, 0.2) is 152 Å². The first-order valence-corrected chi connectivity index (χ1v) is 17.4. The zero-order chi connectivity index (χ0) is 33.0. The van der Waals surface area contributed by atoms with Crippen LogP contribution in [0, 0.1) is 0 Å². The van der Waals surface area contributed by atoms with Crippen molar-refractivity contribution in [2.24, 2.45) is 0 Å². The summed E-state index contributed by atoms with van der Waals surface area (Å²) in [5, 5.41) is 11.2. The molecular weight excluding hydrogens is 585 g/mol. The summed E-state index contributed by atoms with van der Waals surface area (Å²) in [6, 6.07) is 53.8. The molecule has 0 aliphatic heterocycles. The zero-order valence-electron chi connectivity index (χ0n) is 28.0. The molecule has 0 heterocycles. The van der Waals surface area contributed by atoms with E-state index in [9.17, 15) is 5.11 Å². The van der Waals surface area contributed by atoms with Crippen molar-refractivity contribution >= 4 is 0 Å². The number of benzene rings is 6. The maximum absolute atomic E-state index is 11.2. The summed E-state index contributed by atoms with van der Waals surface area (Å²) >= 11 is 0. The first-order valence-electron chi connectivity index (χ1n) is 17.4. The minimum absolute atomic E-state index is 0.659. The van der Waals surface area contributed by atoms with Gasteiger partial charge in [-0.25, -0.2) is 0 Å². The van der Waals surface area contributed by atoms with E-state index in [4.69, 9.17) is 4.74 Å². The van der Waals surface area contributed by atoms with Gasteiger partial charge in [0.15, 0.2) is 0 Å². The maximum Gasteiger partial charge on any atom is 0.133 e. The lowest BCUT2D eigenvalue weighted by atomic mass is 9.92. The molecule has 1 unspecified atom stereocenters. The Morgan fingerprint density at radius 2 is 0.771 bits per heavy atom. The minimum Gasteiger partial charge on any atom is -0.457 e. The molecule has 2 nitrogen and oxygen atoms in total. The lowest BCUT2D eigenvalue weighted by molar-refractivity contribution is 0.194. The fourth-order valence-electron chi connectivity index (χ4n) is 6.58. The van der Waals surface area contributed by atoms with Gasteiger partial charge in [0.2, 0.25) is 0 Å². The normalized spacial score (nSPS) is 11.7. The molecule has 0 bridgehead atoms. The van der Waals surface area contributed by atoms with E-state index in [-0.39, 0.29) is 0 Å². The van der Waals surface area contributed by atoms with E-state index < -0.39 is 6.10 Å². The number of hydrogen-bond donors (Lipinski definition) is 1. The van der Waals surface area contributed by atoms with E-state index in [0.717, 1.165) is 74.0 Å². The van der Waals surface area contributed by atoms with Crippen molar-refractivity contribution in [2.75, 3.05) is 0 Å². The van der Waals surface area contributed by atoms with Crippen molar-refractivity contribution in [1.29, 1.82) is 0 Å². The van der Waals surface area contributed by atoms with Crippen molar-refractivity contribution in [1.82, 2.24) is 0 Å². The molecule has 2 heteroatoms. The highest BCUT2D eigenvalue weighted by Gasteiger charge is 2.18. The molecule has 0 saturated heterocycles. The van der Waals surface area contributed by atoms with E-state index in [1.165, 1.54) is 38.9 Å². The van der Waals surface area contributed by atoms with Crippen LogP contribution in [0.2, 0.25) is 0 Å². The van der Waals surface area contributed by atoms with Crippen LogP contribution in [0.3, 0.4) is 0 Å². The van der Waals surface area contributed by atoms with Gasteiger partial charge >= 0.3 is 0 Å². The maximum atomic E-state index is 11.2. The molecule has 1 N–H and O–H groups in total. The second kappa shape index (κ2) is 16.8. The predicted molar refractivity (Wildman–Crippen MR) is 199 cm³/mol. The molecule has 0 radical (unpaired) electrons. The number of rotatable bonds is 15. The fraction of sp³-hybridized carbons (Fsp3) is 0.217. The number of aryl methyl sites for hydroxylation is 8. The Morgan fingerprint density at radius 1 is 0.417 bits per heavy atom. The van der Waals surface area contributed by atoms with Gasteiger partial charge in [-0.3, -0.25) is 0 Å².